The summed E-state index contributed by atoms with van der Waals surface area (Å²) in [6.07, 6.45) is 1.49. The highest BCUT2D eigenvalue weighted by molar-refractivity contribution is 5.66. The van der Waals surface area contributed by atoms with Gasteiger partial charge < -0.3 is 20.1 Å². The van der Waals surface area contributed by atoms with Crippen LogP contribution in [0, 0.1) is 0 Å². The molecule has 100 valence electrons. The lowest BCUT2D eigenvalue weighted by molar-refractivity contribution is 0.395. The van der Waals surface area contributed by atoms with Gasteiger partial charge in [-0.3, -0.25) is 0 Å². The molecule has 0 atom stereocenters. The van der Waals surface area contributed by atoms with Gasteiger partial charge in [0.1, 0.15) is 29.5 Å². The number of hydrogen-bond donors (Lipinski definition) is 2. The molecule has 0 aliphatic rings. The van der Waals surface area contributed by atoms with Gasteiger partial charge in [-0.1, -0.05) is 0 Å². The Labute approximate surface area is 111 Å². The van der Waals surface area contributed by atoms with Gasteiger partial charge in [-0.15, -0.1) is 0 Å². The van der Waals surface area contributed by atoms with Crippen molar-refractivity contribution >= 4 is 17.3 Å². The fourth-order valence-electron chi connectivity index (χ4n) is 1.60. The minimum atomic E-state index is 0.683. The Bertz CT molecular complexity index is 560. The van der Waals surface area contributed by atoms with Crippen LogP contribution in [0.15, 0.2) is 30.6 Å². The second kappa shape index (κ2) is 5.90. The van der Waals surface area contributed by atoms with Gasteiger partial charge in [0.15, 0.2) is 0 Å². The topological polar surface area (TPSA) is 68.3 Å². The normalized spacial score (nSPS) is 9.84. The third-order valence-electron chi connectivity index (χ3n) is 2.59. The van der Waals surface area contributed by atoms with Crippen molar-refractivity contribution in [2.75, 3.05) is 31.9 Å². The summed E-state index contributed by atoms with van der Waals surface area (Å²) in [5.74, 6) is 2.85. The summed E-state index contributed by atoms with van der Waals surface area (Å²) >= 11 is 0. The lowest BCUT2D eigenvalue weighted by Gasteiger charge is -2.12. The number of ether oxygens (including phenoxy) is 2. The Balaban J connectivity index is 2.26. The van der Waals surface area contributed by atoms with Crippen molar-refractivity contribution in [1.82, 2.24) is 9.97 Å². The maximum atomic E-state index is 5.32. The smallest absolute Gasteiger partial charge is 0.146 e. The van der Waals surface area contributed by atoms with Gasteiger partial charge in [-0.25, -0.2) is 9.97 Å². The molecule has 1 heterocycles. The van der Waals surface area contributed by atoms with E-state index in [-0.39, 0.29) is 0 Å². The summed E-state index contributed by atoms with van der Waals surface area (Å²) in [5.41, 5.74) is 0.809. The van der Waals surface area contributed by atoms with E-state index >= 15 is 0 Å². The molecule has 0 fully saturated rings. The van der Waals surface area contributed by atoms with Gasteiger partial charge in [0.05, 0.1) is 19.9 Å². The van der Waals surface area contributed by atoms with E-state index in [1.165, 1.54) is 6.33 Å². The molecule has 1 aromatic heterocycles. The van der Waals surface area contributed by atoms with Crippen molar-refractivity contribution in [3.8, 4) is 11.5 Å². The van der Waals surface area contributed by atoms with Crippen LogP contribution in [-0.4, -0.2) is 31.2 Å². The minimum absolute atomic E-state index is 0.683. The fourth-order valence-corrected chi connectivity index (χ4v) is 1.60. The molecule has 0 radical (unpaired) electrons. The molecule has 0 unspecified atom stereocenters. The molecular formula is C13H16N4O2. The number of aromatic nitrogens is 2. The number of rotatable bonds is 5. The van der Waals surface area contributed by atoms with E-state index in [0.29, 0.717) is 11.6 Å². The maximum absolute atomic E-state index is 5.32. The van der Waals surface area contributed by atoms with Crippen molar-refractivity contribution in [2.24, 2.45) is 0 Å². The van der Waals surface area contributed by atoms with Crippen molar-refractivity contribution in [3.63, 3.8) is 0 Å². The fraction of sp³-hybridized carbons (Fsp3) is 0.231. The molecule has 6 nitrogen and oxygen atoms in total. The second-order valence-corrected chi connectivity index (χ2v) is 3.73. The zero-order chi connectivity index (χ0) is 13.7. The lowest BCUT2D eigenvalue weighted by atomic mass is 10.2. The van der Waals surface area contributed by atoms with Crippen LogP contribution in [0.1, 0.15) is 0 Å². The molecule has 0 bridgehead atoms. The molecule has 2 rings (SSSR count). The Hall–Kier alpha value is -2.50. The quantitative estimate of drug-likeness (QED) is 0.859. The number of nitrogens with zero attached hydrogens (tertiary/aromatic N) is 2. The van der Waals surface area contributed by atoms with E-state index in [2.05, 4.69) is 20.6 Å². The van der Waals surface area contributed by atoms with E-state index in [1.807, 2.05) is 24.3 Å². The average molecular weight is 260 g/mol. The van der Waals surface area contributed by atoms with Gasteiger partial charge in [0.25, 0.3) is 0 Å². The zero-order valence-electron chi connectivity index (χ0n) is 11.1. The summed E-state index contributed by atoms with van der Waals surface area (Å²) in [6.45, 7) is 0. The molecule has 2 aromatic rings. The van der Waals surface area contributed by atoms with Gasteiger partial charge >= 0.3 is 0 Å². The van der Waals surface area contributed by atoms with E-state index < -0.39 is 0 Å². The molecule has 0 saturated heterocycles. The van der Waals surface area contributed by atoms with E-state index in [0.717, 1.165) is 17.3 Å². The van der Waals surface area contributed by atoms with Gasteiger partial charge in [-0.05, 0) is 12.1 Å². The molecule has 0 saturated carbocycles. The Morgan fingerprint density at radius 2 is 1.79 bits per heavy atom. The van der Waals surface area contributed by atoms with Crippen LogP contribution in [0.4, 0.5) is 17.3 Å². The minimum Gasteiger partial charge on any atom is -0.497 e. The highest BCUT2D eigenvalue weighted by Gasteiger charge is 2.06. The van der Waals surface area contributed by atoms with Gasteiger partial charge in [0.2, 0.25) is 0 Å². The lowest BCUT2D eigenvalue weighted by Crippen LogP contribution is -1.99. The summed E-state index contributed by atoms with van der Waals surface area (Å²) < 4.78 is 10.5. The number of anilines is 3. The molecule has 0 aliphatic heterocycles. The molecule has 19 heavy (non-hydrogen) atoms. The van der Waals surface area contributed by atoms with Gasteiger partial charge in [0, 0.05) is 19.2 Å². The molecule has 1 aromatic carbocycles. The SMILES string of the molecule is CNc1cc(Nc2ccc(OC)cc2OC)ncn1. The number of hydrogen-bond acceptors (Lipinski definition) is 6. The predicted octanol–water partition coefficient (Wildman–Crippen LogP) is 2.28. The predicted molar refractivity (Wildman–Crippen MR) is 74.4 cm³/mol. The van der Waals surface area contributed by atoms with Crippen molar-refractivity contribution in [2.45, 2.75) is 0 Å². The highest BCUT2D eigenvalue weighted by atomic mass is 16.5. The van der Waals surface area contributed by atoms with E-state index in [4.69, 9.17) is 9.47 Å². The first-order valence-corrected chi connectivity index (χ1v) is 5.75. The third kappa shape index (κ3) is 3.04. The Morgan fingerprint density at radius 3 is 2.47 bits per heavy atom. The summed E-state index contributed by atoms with van der Waals surface area (Å²) in [6, 6.07) is 7.34. The number of methoxy groups -OCH3 is 2. The van der Waals surface area contributed by atoms with Crippen LogP contribution in [0.5, 0.6) is 11.5 Å². The van der Waals surface area contributed by atoms with Crippen LogP contribution in [0.3, 0.4) is 0 Å². The highest BCUT2D eigenvalue weighted by Crippen LogP contribution is 2.31. The van der Waals surface area contributed by atoms with Crippen molar-refractivity contribution in [1.29, 1.82) is 0 Å². The Kier molecular flexibility index (Phi) is 4.02. The largest absolute Gasteiger partial charge is 0.497 e. The van der Waals surface area contributed by atoms with E-state index in [9.17, 15) is 0 Å². The van der Waals surface area contributed by atoms with Crippen molar-refractivity contribution < 1.29 is 9.47 Å². The molecule has 0 aliphatic carbocycles. The first-order valence-electron chi connectivity index (χ1n) is 5.75. The maximum Gasteiger partial charge on any atom is 0.146 e. The molecule has 0 amide bonds. The van der Waals surface area contributed by atoms with Crippen LogP contribution < -0.4 is 20.1 Å². The zero-order valence-corrected chi connectivity index (χ0v) is 11.1. The van der Waals surface area contributed by atoms with Crippen LogP contribution in [0.25, 0.3) is 0 Å². The summed E-state index contributed by atoms with van der Waals surface area (Å²) in [5, 5.41) is 6.14. The second-order valence-electron chi connectivity index (χ2n) is 3.73. The standard InChI is InChI=1S/C13H16N4O2/c1-14-12-7-13(16-8-15-12)17-10-5-4-9(18-2)6-11(10)19-3/h4-8H,1-3H3,(H2,14,15,16,17). The van der Waals surface area contributed by atoms with Crippen LogP contribution in [0.2, 0.25) is 0 Å². The third-order valence-corrected chi connectivity index (χ3v) is 2.59. The molecular weight excluding hydrogens is 244 g/mol. The van der Waals surface area contributed by atoms with Gasteiger partial charge in [-0.2, -0.15) is 0 Å². The molecule has 2 N–H and O–H groups in total. The van der Waals surface area contributed by atoms with Crippen molar-refractivity contribution in [3.05, 3.63) is 30.6 Å². The van der Waals surface area contributed by atoms with Crippen LogP contribution in [-0.2, 0) is 0 Å². The number of nitrogens with one attached hydrogen (secondary N) is 2. The van der Waals surface area contributed by atoms with E-state index in [1.54, 1.807) is 21.3 Å². The first kappa shape index (κ1) is 12.9. The Morgan fingerprint density at radius 1 is 1.00 bits per heavy atom. The van der Waals surface area contributed by atoms with Crippen LogP contribution >= 0.6 is 0 Å². The number of benzene rings is 1. The summed E-state index contributed by atoms with van der Waals surface area (Å²) in [7, 11) is 5.03. The summed E-state index contributed by atoms with van der Waals surface area (Å²) in [4.78, 5) is 8.21. The monoisotopic (exact) mass is 260 g/mol. The first-order chi connectivity index (χ1) is 9.26. The average Bonchev–Trinajstić information content (AvgIpc) is 2.48. The molecule has 6 heteroatoms. The molecule has 0 spiro atoms.